The van der Waals surface area contributed by atoms with Crippen LogP contribution in [0, 0.1) is 0 Å². The van der Waals surface area contributed by atoms with E-state index in [9.17, 15) is 5.11 Å². The van der Waals surface area contributed by atoms with E-state index in [0.29, 0.717) is 6.61 Å². The highest BCUT2D eigenvalue weighted by molar-refractivity contribution is 9.10. The van der Waals surface area contributed by atoms with Crippen molar-refractivity contribution in [2.45, 2.75) is 6.10 Å². The number of aliphatic hydroxyl groups is 1. The smallest absolute Gasteiger partial charge is 0.137 e. The summed E-state index contributed by atoms with van der Waals surface area (Å²) in [5, 5.41) is 9.92. The summed E-state index contributed by atoms with van der Waals surface area (Å²) in [5.41, 5.74) is 0. The van der Waals surface area contributed by atoms with E-state index in [1.807, 2.05) is 24.3 Å². The molecule has 1 aromatic rings. The van der Waals surface area contributed by atoms with Crippen LogP contribution < -0.4 is 9.64 Å². The minimum absolute atomic E-state index is 0.339. The molecule has 5 heteroatoms. The van der Waals surface area contributed by atoms with Crippen molar-refractivity contribution in [2.24, 2.45) is 0 Å². The molecule has 1 fully saturated rings. The van der Waals surface area contributed by atoms with Crippen LogP contribution in [0.2, 0.25) is 0 Å². The summed E-state index contributed by atoms with van der Waals surface area (Å²) in [7, 11) is 0. The fraction of sp³-hybridized carbons (Fsp3) is 0.538. The van der Waals surface area contributed by atoms with Gasteiger partial charge >= 0.3 is 0 Å². The monoisotopic (exact) mass is 316 g/mol. The third kappa shape index (κ3) is 4.57. The maximum Gasteiger partial charge on any atom is 0.137 e. The van der Waals surface area contributed by atoms with Gasteiger partial charge in [-0.05, 0) is 24.3 Å². The van der Waals surface area contributed by atoms with Crippen LogP contribution in [-0.2, 0) is 4.74 Å². The van der Waals surface area contributed by atoms with Crippen molar-refractivity contribution >= 4 is 15.9 Å². The average molecular weight is 317 g/mol. The molecular weight excluding hydrogens is 298 g/mol. The van der Waals surface area contributed by atoms with Crippen LogP contribution in [0.15, 0.2) is 28.7 Å². The maximum absolute atomic E-state index is 9.92. The lowest BCUT2D eigenvalue weighted by Gasteiger charge is -2.25. The van der Waals surface area contributed by atoms with Crippen molar-refractivity contribution in [3.63, 3.8) is 0 Å². The maximum atomic E-state index is 9.92. The van der Waals surface area contributed by atoms with Crippen molar-refractivity contribution in [1.82, 2.24) is 0 Å². The minimum Gasteiger partial charge on any atom is -0.491 e. The number of aliphatic hydroxyl groups excluding tert-OH is 1. The van der Waals surface area contributed by atoms with Crippen LogP contribution in [0.4, 0.5) is 0 Å². The summed E-state index contributed by atoms with van der Waals surface area (Å²) in [4.78, 5) is 1.38. The van der Waals surface area contributed by atoms with E-state index >= 15 is 0 Å². The highest BCUT2D eigenvalue weighted by Crippen LogP contribution is 2.15. The van der Waals surface area contributed by atoms with Gasteiger partial charge in [0, 0.05) is 4.47 Å². The number of benzene rings is 1. The van der Waals surface area contributed by atoms with Gasteiger partial charge in [0.25, 0.3) is 0 Å². The van der Waals surface area contributed by atoms with E-state index < -0.39 is 6.10 Å². The molecule has 1 heterocycles. The number of morpholine rings is 1. The van der Waals surface area contributed by atoms with Crippen LogP contribution in [0.25, 0.3) is 0 Å². The predicted octanol–water partition coefficient (Wildman–Crippen LogP) is 0.104. The molecule has 1 aromatic carbocycles. The zero-order valence-electron chi connectivity index (χ0n) is 10.3. The number of hydrogen-bond acceptors (Lipinski definition) is 3. The van der Waals surface area contributed by atoms with Gasteiger partial charge in [-0.3, -0.25) is 0 Å². The summed E-state index contributed by atoms with van der Waals surface area (Å²) in [6.07, 6.45) is -0.429. The van der Waals surface area contributed by atoms with Crippen LogP contribution in [0.1, 0.15) is 0 Å². The molecule has 0 amide bonds. The summed E-state index contributed by atoms with van der Waals surface area (Å²) < 4.78 is 11.9. The molecule has 2 N–H and O–H groups in total. The Morgan fingerprint density at radius 3 is 2.61 bits per heavy atom. The number of halogens is 1. The summed E-state index contributed by atoms with van der Waals surface area (Å²) in [6, 6.07) is 7.63. The largest absolute Gasteiger partial charge is 0.491 e. The Hall–Kier alpha value is -0.620. The van der Waals surface area contributed by atoms with Crippen LogP contribution in [0.3, 0.4) is 0 Å². The molecule has 1 atom stereocenters. The Balaban J connectivity index is 1.70. The quantitative estimate of drug-likeness (QED) is 0.810. The van der Waals surface area contributed by atoms with Crippen molar-refractivity contribution in [2.75, 3.05) is 39.5 Å². The third-order valence-electron chi connectivity index (χ3n) is 2.98. The van der Waals surface area contributed by atoms with Gasteiger partial charge in [0.2, 0.25) is 0 Å². The number of hydrogen-bond donors (Lipinski definition) is 2. The molecule has 18 heavy (non-hydrogen) atoms. The zero-order valence-corrected chi connectivity index (χ0v) is 11.9. The number of ether oxygens (including phenoxy) is 2. The Kier molecular flexibility index (Phi) is 5.44. The number of rotatable bonds is 5. The van der Waals surface area contributed by atoms with Gasteiger partial charge in [0.05, 0.1) is 13.2 Å². The van der Waals surface area contributed by atoms with Gasteiger partial charge in [-0.25, -0.2) is 0 Å². The lowest BCUT2D eigenvalue weighted by molar-refractivity contribution is -0.911. The first kappa shape index (κ1) is 13.8. The summed E-state index contributed by atoms with van der Waals surface area (Å²) in [6.45, 7) is 4.57. The molecule has 1 saturated heterocycles. The standard InChI is InChI=1S/C13H18BrNO3/c14-11-1-3-13(4-2-11)18-10-12(16)9-15-5-7-17-8-6-15/h1-4,12,16H,5-10H2/p+1/t12-/m0/s1. The number of nitrogens with one attached hydrogen (secondary N) is 1. The second kappa shape index (κ2) is 7.09. The molecule has 2 rings (SSSR count). The molecule has 4 nitrogen and oxygen atoms in total. The zero-order chi connectivity index (χ0) is 12.8. The van der Waals surface area contributed by atoms with Gasteiger partial charge < -0.3 is 19.5 Å². The van der Waals surface area contributed by atoms with E-state index in [4.69, 9.17) is 9.47 Å². The third-order valence-corrected chi connectivity index (χ3v) is 3.51. The SMILES string of the molecule is O[C@H](COc1ccc(Br)cc1)C[NH+]1CCOCC1. The molecule has 0 unspecified atom stereocenters. The first-order valence-corrected chi connectivity index (χ1v) is 7.01. The topological polar surface area (TPSA) is 43.1 Å². The van der Waals surface area contributed by atoms with Gasteiger partial charge in [0.15, 0.2) is 0 Å². The van der Waals surface area contributed by atoms with E-state index in [-0.39, 0.29) is 0 Å². The lowest BCUT2D eigenvalue weighted by Crippen LogP contribution is -3.15. The van der Waals surface area contributed by atoms with Crippen molar-refractivity contribution in [1.29, 1.82) is 0 Å². The highest BCUT2D eigenvalue weighted by Gasteiger charge is 2.18. The fourth-order valence-corrected chi connectivity index (χ4v) is 2.24. The number of quaternary nitrogens is 1. The molecule has 0 radical (unpaired) electrons. The van der Waals surface area contributed by atoms with E-state index in [0.717, 1.165) is 43.1 Å². The van der Waals surface area contributed by atoms with Gasteiger partial charge in [-0.1, -0.05) is 15.9 Å². The van der Waals surface area contributed by atoms with Crippen molar-refractivity contribution in [3.05, 3.63) is 28.7 Å². The normalized spacial score (nSPS) is 18.6. The predicted molar refractivity (Wildman–Crippen MR) is 72.0 cm³/mol. The Bertz CT molecular complexity index is 352. The van der Waals surface area contributed by atoms with Crippen LogP contribution in [0.5, 0.6) is 5.75 Å². The van der Waals surface area contributed by atoms with Crippen LogP contribution >= 0.6 is 15.9 Å². The van der Waals surface area contributed by atoms with Crippen LogP contribution in [-0.4, -0.2) is 50.7 Å². The summed E-state index contributed by atoms with van der Waals surface area (Å²) in [5.74, 6) is 0.786. The Morgan fingerprint density at radius 1 is 1.28 bits per heavy atom. The van der Waals surface area contributed by atoms with E-state index in [1.54, 1.807) is 0 Å². The Morgan fingerprint density at radius 2 is 1.94 bits per heavy atom. The first-order chi connectivity index (χ1) is 8.74. The molecule has 1 aliphatic rings. The molecule has 0 bridgehead atoms. The first-order valence-electron chi connectivity index (χ1n) is 6.22. The second-order valence-corrected chi connectivity index (χ2v) is 5.40. The molecule has 0 spiro atoms. The van der Waals surface area contributed by atoms with E-state index in [1.165, 1.54) is 4.90 Å². The molecule has 0 saturated carbocycles. The van der Waals surface area contributed by atoms with Gasteiger partial charge in [-0.15, -0.1) is 0 Å². The molecule has 100 valence electrons. The van der Waals surface area contributed by atoms with Crippen molar-refractivity contribution in [3.8, 4) is 5.75 Å². The fourth-order valence-electron chi connectivity index (χ4n) is 1.98. The summed E-state index contributed by atoms with van der Waals surface area (Å²) >= 11 is 3.37. The molecular formula is C13H19BrNO3+. The van der Waals surface area contributed by atoms with Crippen molar-refractivity contribution < 1.29 is 19.5 Å². The van der Waals surface area contributed by atoms with E-state index in [2.05, 4.69) is 15.9 Å². The molecule has 1 aliphatic heterocycles. The average Bonchev–Trinajstić information content (AvgIpc) is 2.39. The highest BCUT2D eigenvalue weighted by atomic mass is 79.9. The molecule has 0 aliphatic carbocycles. The molecule has 0 aromatic heterocycles. The van der Waals surface area contributed by atoms with Gasteiger partial charge in [0.1, 0.15) is 38.1 Å². The Labute approximate surface area is 116 Å². The lowest BCUT2D eigenvalue weighted by atomic mass is 10.3. The second-order valence-electron chi connectivity index (χ2n) is 4.49. The minimum atomic E-state index is -0.429. The van der Waals surface area contributed by atoms with Gasteiger partial charge in [-0.2, -0.15) is 0 Å².